The van der Waals surface area contributed by atoms with Gasteiger partial charge in [-0.05, 0) is 94.4 Å². The lowest BCUT2D eigenvalue weighted by molar-refractivity contribution is -0.145. The van der Waals surface area contributed by atoms with Crippen LogP contribution in [0.4, 0.5) is 5.13 Å². The molecule has 1 aromatic heterocycles. The van der Waals surface area contributed by atoms with Gasteiger partial charge in [0.15, 0.2) is 22.7 Å². The van der Waals surface area contributed by atoms with Gasteiger partial charge in [0.1, 0.15) is 35.9 Å². The molecule has 2 aliphatic heterocycles. The number of methoxy groups -OCH3 is 1. The van der Waals surface area contributed by atoms with Crippen LogP contribution in [-0.2, 0) is 40.3 Å². The first-order valence-corrected chi connectivity index (χ1v) is 21.2. The molecule has 0 bridgehead atoms. The fourth-order valence-corrected chi connectivity index (χ4v) is 8.60. The number of nitrogens with one attached hydrogen (secondary N) is 1. The van der Waals surface area contributed by atoms with Gasteiger partial charge in [0, 0.05) is 19.4 Å². The van der Waals surface area contributed by atoms with Gasteiger partial charge in [-0.3, -0.25) is 9.59 Å². The number of ether oxygens (including phenoxy) is 4. The first-order valence-electron chi connectivity index (χ1n) is 19.6. The fraction of sp³-hybridized carbons (Fsp3) is 0.213. The van der Waals surface area contributed by atoms with Crippen molar-refractivity contribution in [1.82, 2.24) is 15.2 Å². The van der Waals surface area contributed by atoms with E-state index in [1.165, 1.54) is 12.0 Å². The molecule has 15 heteroatoms. The predicted octanol–water partition coefficient (Wildman–Crippen LogP) is 8.44. The van der Waals surface area contributed by atoms with Crippen LogP contribution >= 0.6 is 34.5 Å². The standard InChI is InChI=1S/C47H39Cl2N5O7S/c1-26-43(62-47(51)52-26)45(56)54-23-34-21-41-40(60-25-42(61-41)32-12-14-35(15-13-32)59-24-29-7-16-36(48)37(49)17-29)20-33(34)19-39(54)44(55)53-38(46(57)58-2)18-27-3-8-30(9-4-27)31-10-5-28(22-50)6-11-31/h3-17,20-21,38-39,42H,18-19,23-25H2,1-2H3,(H2,51,52)(H,53,55)/t38-,39-,42?/m0/s1. The smallest absolute Gasteiger partial charge is 0.328 e. The highest BCUT2D eigenvalue weighted by atomic mass is 35.5. The monoisotopic (exact) mass is 887 g/mol. The Labute approximate surface area is 371 Å². The number of rotatable bonds is 11. The number of carbonyl (C=O) groups is 3. The zero-order valence-corrected chi connectivity index (χ0v) is 35.9. The highest BCUT2D eigenvalue weighted by Crippen LogP contribution is 2.41. The van der Waals surface area contributed by atoms with Crippen LogP contribution < -0.4 is 25.3 Å². The van der Waals surface area contributed by atoms with Crippen molar-refractivity contribution in [2.24, 2.45) is 0 Å². The average Bonchev–Trinajstić information content (AvgIpc) is 3.64. The van der Waals surface area contributed by atoms with Gasteiger partial charge in [0.25, 0.3) is 5.91 Å². The minimum atomic E-state index is -1.05. The molecule has 1 unspecified atom stereocenters. The first kappa shape index (κ1) is 42.1. The first-order chi connectivity index (χ1) is 30.0. The third-order valence-electron chi connectivity index (χ3n) is 10.8. The Bertz CT molecular complexity index is 2700. The van der Waals surface area contributed by atoms with Crippen LogP contribution in [0.2, 0.25) is 10.0 Å². The van der Waals surface area contributed by atoms with Crippen molar-refractivity contribution >= 4 is 57.5 Å². The van der Waals surface area contributed by atoms with Crippen molar-refractivity contribution in [3.05, 3.63) is 157 Å². The molecule has 0 aliphatic carbocycles. The SMILES string of the molecule is COC(=O)[C@H](Cc1ccc(-c2ccc(C#N)cc2)cc1)NC(=O)[C@@H]1Cc2cc3c(cc2CN1C(=O)c1sc(N)nc1C)OC(c1ccc(OCc2ccc(Cl)c(Cl)c2)cc1)CO3. The topological polar surface area (TPSA) is 166 Å². The van der Waals surface area contributed by atoms with Crippen LogP contribution in [0.25, 0.3) is 11.1 Å². The Hall–Kier alpha value is -6.59. The number of nitrogens with two attached hydrogens (primary N) is 1. The second kappa shape index (κ2) is 18.2. The summed E-state index contributed by atoms with van der Waals surface area (Å²) < 4.78 is 23.8. The number of benzene rings is 5. The van der Waals surface area contributed by atoms with Crippen molar-refractivity contribution in [2.75, 3.05) is 19.5 Å². The Balaban J connectivity index is 0.996. The molecule has 5 aromatic carbocycles. The lowest BCUT2D eigenvalue weighted by Gasteiger charge is -2.37. The zero-order valence-electron chi connectivity index (χ0n) is 33.5. The normalized spacial score (nSPS) is 15.8. The van der Waals surface area contributed by atoms with Crippen molar-refractivity contribution < 1.29 is 33.3 Å². The van der Waals surface area contributed by atoms with E-state index in [-0.39, 0.29) is 31.1 Å². The number of halogens is 2. The summed E-state index contributed by atoms with van der Waals surface area (Å²) >= 11 is 13.2. The Morgan fingerprint density at radius 1 is 0.935 bits per heavy atom. The quantitative estimate of drug-likeness (QED) is 0.121. The van der Waals surface area contributed by atoms with Gasteiger partial charge in [-0.1, -0.05) is 89.1 Å². The molecule has 314 valence electrons. The van der Waals surface area contributed by atoms with E-state index < -0.39 is 36.0 Å². The van der Waals surface area contributed by atoms with E-state index >= 15 is 0 Å². The predicted molar refractivity (Wildman–Crippen MR) is 235 cm³/mol. The highest BCUT2D eigenvalue weighted by Gasteiger charge is 2.39. The Morgan fingerprint density at radius 3 is 2.29 bits per heavy atom. The number of carbonyl (C=O) groups excluding carboxylic acids is 3. The largest absolute Gasteiger partial charge is 0.489 e. The molecule has 2 aliphatic rings. The molecule has 3 atom stereocenters. The number of thiazole rings is 1. The molecule has 8 rings (SSSR count). The van der Waals surface area contributed by atoms with Gasteiger partial charge >= 0.3 is 5.97 Å². The summed E-state index contributed by atoms with van der Waals surface area (Å²) in [7, 11) is 1.26. The maximum atomic E-state index is 14.4. The zero-order chi connectivity index (χ0) is 43.5. The van der Waals surface area contributed by atoms with Crippen LogP contribution in [0.15, 0.2) is 103 Å². The number of anilines is 1. The molecule has 3 N–H and O–H groups in total. The van der Waals surface area contributed by atoms with E-state index in [0.29, 0.717) is 50.0 Å². The lowest BCUT2D eigenvalue weighted by Crippen LogP contribution is -2.56. The third kappa shape index (κ3) is 9.18. The molecule has 3 heterocycles. The maximum absolute atomic E-state index is 14.4. The average molecular weight is 889 g/mol. The van der Waals surface area contributed by atoms with Crippen molar-refractivity contribution in [1.29, 1.82) is 5.26 Å². The summed E-state index contributed by atoms with van der Waals surface area (Å²) in [6.07, 6.45) is -0.144. The van der Waals surface area contributed by atoms with E-state index in [1.807, 2.05) is 78.9 Å². The lowest BCUT2D eigenvalue weighted by atomic mass is 9.91. The van der Waals surface area contributed by atoms with Gasteiger partial charge in [0.2, 0.25) is 5.91 Å². The molecule has 0 saturated carbocycles. The number of aromatic nitrogens is 1. The summed E-state index contributed by atoms with van der Waals surface area (Å²) in [6, 6.07) is 31.5. The van der Waals surface area contributed by atoms with Gasteiger partial charge in [-0.15, -0.1) is 0 Å². The van der Waals surface area contributed by atoms with Gasteiger partial charge in [0.05, 0.1) is 34.5 Å². The number of hydrogen-bond donors (Lipinski definition) is 2. The number of aryl methyl sites for hydroxylation is 1. The van der Waals surface area contributed by atoms with Crippen LogP contribution in [0, 0.1) is 18.3 Å². The summed E-state index contributed by atoms with van der Waals surface area (Å²) in [6.45, 7) is 2.32. The molecule has 12 nitrogen and oxygen atoms in total. The minimum absolute atomic E-state index is 0.0649. The van der Waals surface area contributed by atoms with E-state index in [4.69, 9.17) is 53.1 Å². The Morgan fingerprint density at radius 2 is 1.63 bits per heavy atom. The molecule has 6 aromatic rings. The van der Waals surface area contributed by atoms with Crippen LogP contribution in [-0.4, -0.2) is 53.5 Å². The van der Waals surface area contributed by atoms with Crippen LogP contribution in [0.5, 0.6) is 17.2 Å². The number of nitrogens with zero attached hydrogens (tertiary/aromatic N) is 3. The summed E-state index contributed by atoms with van der Waals surface area (Å²) in [5.74, 6) is 0.120. The minimum Gasteiger partial charge on any atom is -0.489 e. The van der Waals surface area contributed by atoms with Crippen LogP contribution in [0.1, 0.15) is 54.9 Å². The van der Waals surface area contributed by atoms with Crippen LogP contribution in [0.3, 0.4) is 0 Å². The number of fused-ring (bicyclic) bond motifs is 2. The van der Waals surface area contributed by atoms with E-state index in [1.54, 1.807) is 31.2 Å². The van der Waals surface area contributed by atoms with Gasteiger partial charge in [-0.2, -0.15) is 5.26 Å². The number of nitriles is 1. The van der Waals surface area contributed by atoms with Crippen molar-refractivity contribution in [3.8, 4) is 34.4 Å². The molecule has 62 heavy (non-hydrogen) atoms. The maximum Gasteiger partial charge on any atom is 0.328 e. The molecule has 0 radical (unpaired) electrons. The van der Waals surface area contributed by atoms with E-state index in [9.17, 15) is 14.4 Å². The highest BCUT2D eigenvalue weighted by molar-refractivity contribution is 7.17. The summed E-state index contributed by atoms with van der Waals surface area (Å²) in [5, 5.41) is 13.2. The second-order valence-corrected chi connectivity index (χ2v) is 16.7. The number of hydrogen-bond acceptors (Lipinski definition) is 11. The number of esters is 1. The summed E-state index contributed by atoms with van der Waals surface area (Å²) in [4.78, 5) is 47.9. The van der Waals surface area contributed by atoms with Crippen molar-refractivity contribution in [3.63, 3.8) is 0 Å². The van der Waals surface area contributed by atoms with E-state index in [0.717, 1.165) is 50.3 Å². The molecule has 2 amide bonds. The molecule has 0 fully saturated rings. The molecular formula is C47H39Cl2N5O7S. The Kier molecular flexibility index (Phi) is 12.3. The molecule has 0 saturated heterocycles. The summed E-state index contributed by atoms with van der Waals surface area (Å²) in [5.41, 5.74) is 13.0. The van der Waals surface area contributed by atoms with Gasteiger partial charge in [-0.25, -0.2) is 9.78 Å². The molecular weight excluding hydrogens is 850 g/mol. The molecule has 0 spiro atoms. The van der Waals surface area contributed by atoms with E-state index in [2.05, 4.69) is 16.4 Å². The third-order valence-corrected chi connectivity index (χ3v) is 12.5. The number of nitrogen functional groups attached to an aromatic ring is 1. The van der Waals surface area contributed by atoms with Crippen molar-refractivity contribution in [2.45, 2.75) is 51.1 Å². The number of amides is 2. The van der Waals surface area contributed by atoms with Gasteiger partial charge < -0.3 is 34.9 Å². The second-order valence-electron chi connectivity index (χ2n) is 14.9. The fourth-order valence-electron chi connectivity index (χ4n) is 7.49.